The Kier molecular flexibility index (Phi) is 4.93. The maximum absolute atomic E-state index is 10.5. The van der Waals surface area contributed by atoms with E-state index in [0.29, 0.717) is 23.1 Å². The average molecular weight is 433 g/mol. The zero-order valence-corrected chi connectivity index (χ0v) is 18.6. The average Bonchev–Trinajstić information content (AvgIpc) is 3.37. The molecular formula is C23H28N8O. The van der Waals surface area contributed by atoms with E-state index < -0.39 is 0 Å². The monoisotopic (exact) mass is 432 g/mol. The van der Waals surface area contributed by atoms with Crippen molar-refractivity contribution in [3.63, 3.8) is 0 Å². The Morgan fingerprint density at radius 2 is 1.81 bits per heavy atom. The molecule has 0 amide bonds. The number of hydrogen-bond acceptors (Lipinski definition) is 8. The summed E-state index contributed by atoms with van der Waals surface area (Å²) in [6.45, 7) is 4.66. The minimum absolute atomic E-state index is 0.147. The van der Waals surface area contributed by atoms with Crippen LogP contribution in [0.5, 0.6) is 5.75 Å². The van der Waals surface area contributed by atoms with Gasteiger partial charge in [0.2, 0.25) is 0 Å². The van der Waals surface area contributed by atoms with Crippen molar-refractivity contribution in [2.24, 2.45) is 0 Å². The molecule has 0 aliphatic carbocycles. The molecule has 2 fully saturated rings. The molecule has 0 radical (unpaired) electrons. The normalized spacial score (nSPS) is 27.2. The first-order chi connectivity index (χ1) is 15.3. The van der Waals surface area contributed by atoms with E-state index in [1.165, 1.54) is 12.8 Å². The van der Waals surface area contributed by atoms with Crippen LogP contribution in [0.15, 0.2) is 30.3 Å². The summed E-state index contributed by atoms with van der Waals surface area (Å²) in [5.74, 6) is 1.55. The number of nitrogens with zero attached hydrogens (tertiary/aromatic N) is 6. The lowest BCUT2D eigenvalue weighted by atomic mass is 9.84. The number of anilines is 1. The fourth-order valence-electron chi connectivity index (χ4n) is 5.22. The lowest BCUT2D eigenvalue weighted by molar-refractivity contribution is 0.207. The molecule has 0 spiro atoms. The van der Waals surface area contributed by atoms with Crippen molar-refractivity contribution in [3.8, 4) is 17.0 Å². The number of aromatic amines is 1. The molecular weight excluding hydrogens is 404 g/mol. The molecule has 0 saturated carbocycles. The van der Waals surface area contributed by atoms with Crippen LogP contribution in [0.3, 0.4) is 0 Å². The number of phenolic OH excluding ortho intramolecular Hbond substituents is 1. The van der Waals surface area contributed by atoms with Gasteiger partial charge in [0.25, 0.3) is 0 Å². The number of aromatic nitrogens is 6. The van der Waals surface area contributed by atoms with E-state index in [1.807, 2.05) is 30.3 Å². The number of tetrazole rings is 1. The Balaban J connectivity index is 1.31. The van der Waals surface area contributed by atoms with Crippen molar-refractivity contribution < 1.29 is 5.11 Å². The van der Waals surface area contributed by atoms with Gasteiger partial charge >= 0.3 is 0 Å². The van der Waals surface area contributed by atoms with Crippen molar-refractivity contribution >= 4 is 18.0 Å². The lowest BCUT2D eigenvalue weighted by Crippen LogP contribution is -2.58. The Labute approximate surface area is 187 Å². The van der Waals surface area contributed by atoms with E-state index in [0.717, 1.165) is 24.2 Å². The van der Waals surface area contributed by atoms with Gasteiger partial charge in [0.1, 0.15) is 5.75 Å². The molecule has 2 saturated heterocycles. The van der Waals surface area contributed by atoms with Crippen molar-refractivity contribution in [2.75, 3.05) is 11.9 Å². The van der Waals surface area contributed by atoms with Crippen LogP contribution in [0, 0.1) is 0 Å². The Bertz CT molecular complexity index is 1110. The van der Waals surface area contributed by atoms with Crippen molar-refractivity contribution in [1.29, 1.82) is 0 Å². The number of nitrogens with one attached hydrogen (secondary N) is 2. The second kappa shape index (κ2) is 7.67. The van der Waals surface area contributed by atoms with Gasteiger partial charge in [-0.2, -0.15) is 0 Å². The fraction of sp³-hybridized carbons (Fsp3) is 0.435. The van der Waals surface area contributed by atoms with Gasteiger partial charge in [-0.15, -0.1) is 15.3 Å². The van der Waals surface area contributed by atoms with Crippen LogP contribution in [0.2, 0.25) is 0 Å². The third-order valence-corrected chi connectivity index (χ3v) is 6.86. The summed E-state index contributed by atoms with van der Waals surface area (Å²) in [5.41, 5.74) is 2.51. The molecule has 4 heterocycles. The maximum Gasteiger partial charge on any atom is 0.172 e. The zero-order valence-electron chi connectivity index (χ0n) is 18.6. The Hall–Kier alpha value is -3.33. The topological polar surface area (TPSA) is 116 Å². The van der Waals surface area contributed by atoms with Crippen LogP contribution in [0.1, 0.15) is 50.9 Å². The van der Waals surface area contributed by atoms with Gasteiger partial charge in [0.05, 0.1) is 5.69 Å². The summed E-state index contributed by atoms with van der Waals surface area (Å²) in [7, 11) is 2.11. The minimum Gasteiger partial charge on any atom is -0.507 e. The maximum atomic E-state index is 10.5. The van der Waals surface area contributed by atoms with Crippen LogP contribution in [-0.2, 0) is 0 Å². The highest BCUT2D eigenvalue weighted by Gasteiger charge is 2.49. The number of phenols is 1. The van der Waals surface area contributed by atoms with Crippen LogP contribution in [-0.4, -0.2) is 60.1 Å². The quantitative estimate of drug-likeness (QED) is 0.563. The lowest BCUT2D eigenvalue weighted by Gasteiger charge is -2.45. The van der Waals surface area contributed by atoms with Crippen molar-refractivity contribution in [2.45, 2.75) is 56.7 Å². The number of hydrogen-bond donors (Lipinski definition) is 3. The first-order valence-electron chi connectivity index (χ1n) is 10.9. The molecule has 2 aliphatic heterocycles. The molecule has 2 aliphatic rings. The number of aromatic hydroxyl groups is 1. The van der Waals surface area contributed by atoms with Crippen LogP contribution in [0.25, 0.3) is 23.4 Å². The van der Waals surface area contributed by atoms with E-state index in [-0.39, 0.29) is 16.8 Å². The molecule has 2 bridgehead atoms. The third-order valence-electron chi connectivity index (χ3n) is 6.86. The SMILES string of the molecule is CN(c1ccc(-c2ccc(/C=C/c3nnn[nH]3)cc2O)nn1)C1C[C@]2(C)CC[C@](C)(C1)N2. The standard InChI is InChI=1S/C23H28N8O/c1-22-10-11-23(2,28-22)14-16(13-22)31(3)21-9-7-18(24-27-21)17-6-4-15(12-19(17)32)5-8-20-25-29-30-26-20/h4-9,12,16,28,32H,10-11,13-14H2,1-3H3,(H,25,26,29,30)/b8-5+/t16?,22-,23+. The molecule has 3 N–H and O–H groups in total. The summed E-state index contributed by atoms with van der Waals surface area (Å²) in [6.07, 6.45) is 8.20. The number of H-pyrrole nitrogens is 1. The van der Waals surface area contributed by atoms with Gasteiger partial charge < -0.3 is 15.3 Å². The second-order valence-corrected chi connectivity index (χ2v) is 9.59. The second-order valence-electron chi connectivity index (χ2n) is 9.59. The fourth-order valence-corrected chi connectivity index (χ4v) is 5.22. The van der Waals surface area contributed by atoms with E-state index in [1.54, 1.807) is 12.1 Å². The largest absolute Gasteiger partial charge is 0.507 e. The predicted octanol–water partition coefficient (Wildman–Crippen LogP) is 3.03. The van der Waals surface area contributed by atoms with Gasteiger partial charge in [-0.3, -0.25) is 0 Å². The summed E-state index contributed by atoms with van der Waals surface area (Å²) in [4.78, 5) is 2.26. The van der Waals surface area contributed by atoms with Gasteiger partial charge in [-0.05, 0) is 85.9 Å². The number of piperidine rings is 1. The van der Waals surface area contributed by atoms with Gasteiger partial charge in [0.15, 0.2) is 11.6 Å². The molecule has 9 nitrogen and oxygen atoms in total. The van der Waals surface area contributed by atoms with Gasteiger partial charge in [-0.25, -0.2) is 5.10 Å². The molecule has 166 valence electrons. The van der Waals surface area contributed by atoms with Gasteiger partial charge in [-0.1, -0.05) is 12.1 Å². The van der Waals surface area contributed by atoms with E-state index in [9.17, 15) is 5.11 Å². The molecule has 3 aromatic rings. The number of benzene rings is 1. The summed E-state index contributed by atoms with van der Waals surface area (Å²) in [6, 6.07) is 9.76. The van der Waals surface area contributed by atoms with Crippen LogP contribution in [0.4, 0.5) is 5.82 Å². The van der Waals surface area contributed by atoms with E-state index >= 15 is 0 Å². The summed E-state index contributed by atoms with van der Waals surface area (Å²) >= 11 is 0. The molecule has 9 heteroatoms. The smallest absolute Gasteiger partial charge is 0.172 e. The first-order valence-corrected chi connectivity index (χ1v) is 10.9. The van der Waals surface area contributed by atoms with E-state index in [4.69, 9.17) is 0 Å². The molecule has 3 atom stereocenters. The Morgan fingerprint density at radius 1 is 1.03 bits per heavy atom. The molecule has 1 unspecified atom stereocenters. The Morgan fingerprint density at radius 3 is 2.44 bits per heavy atom. The summed E-state index contributed by atoms with van der Waals surface area (Å²) in [5, 5.41) is 36.8. The number of rotatable bonds is 5. The molecule has 1 aromatic carbocycles. The third kappa shape index (κ3) is 3.95. The highest BCUT2D eigenvalue weighted by Crippen LogP contribution is 2.43. The minimum atomic E-state index is 0.147. The summed E-state index contributed by atoms with van der Waals surface area (Å²) < 4.78 is 0. The van der Waals surface area contributed by atoms with E-state index in [2.05, 4.69) is 61.9 Å². The first kappa shape index (κ1) is 20.6. The van der Waals surface area contributed by atoms with Crippen molar-refractivity contribution in [1.82, 2.24) is 36.1 Å². The van der Waals surface area contributed by atoms with Gasteiger partial charge in [0, 0.05) is 29.7 Å². The molecule has 2 aromatic heterocycles. The van der Waals surface area contributed by atoms with Crippen molar-refractivity contribution in [3.05, 3.63) is 41.7 Å². The predicted molar refractivity (Wildman–Crippen MR) is 123 cm³/mol. The zero-order chi connectivity index (χ0) is 22.3. The molecule has 5 rings (SSSR count). The van der Waals surface area contributed by atoms with Crippen LogP contribution >= 0.6 is 0 Å². The number of fused-ring (bicyclic) bond motifs is 2. The highest BCUT2D eigenvalue weighted by atomic mass is 16.3. The molecule has 32 heavy (non-hydrogen) atoms. The highest BCUT2D eigenvalue weighted by molar-refractivity contribution is 5.73. The van der Waals surface area contributed by atoms with Crippen LogP contribution < -0.4 is 10.2 Å².